The molecule has 3 atom stereocenters. The fourth-order valence-corrected chi connectivity index (χ4v) is 3.90. The Balaban J connectivity index is 0. The monoisotopic (exact) mass is 533 g/mol. The summed E-state index contributed by atoms with van der Waals surface area (Å²) in [5.74, 6) is -0.439. The van der Waals surface area contributed by atoms with Gasteiger partial charge in [-0.2, -0.15) is 0 Å². The first-order chi connectivity index (χ1) is 16.3. The molecule has 0 aromatic carbocycles. The standard InChI is InChI=1S/C24H47O9P.Na/c1-2-3-4-5-6-7-8-9-10-11-12-13-14-15-16-17-24(28)31-19-23(27)21-33-34(29,30)32-20-22(26)18-25;/h9-10,22-23,25-27H,2-8,11-21H2,1H3,(H,29,30);. The van der Waals surface area contributed by atoms with Crippen LogP contribution in [-0.4, -0.2) is 94.4 Å². The van der Waals surface area contributed by atoms with Crippen molar-refractivity contribution in [2.75, 3.05) is 26.4 Å². The normalized spacial score (nSPS) is 14.9. The Labute approximate surface area is 233 Å². The summed E-state index contributed by atoms with van der Waals surface area (Å²) in [5.41, 5.74) is 0. The van der Waals surface area contributed by atoms with Crippen LogP contribution in [0.3, 0.4) is 0 Å². The Morgan fingerprint density at radius 1 is 0.800 bits per heavy atom. The van der Waals surface area contributed by atoms with Gasteiger partial charge in [-0.15, -0.1) is 0 Å². The van der Waals surface area contributed by atoms with E-state index in [-0.39, 0.29) is 42.6 Å². The molecule has 0 aliphatic rings. The van der Waals surface area contributed by atoms with Gasteiger partial charge in [0.25, 0.3) is 0 Å². The third kappa shape index (κ3) is 27.1. The van der Waals surface area contributed by atoms with E-state index in [0.717, 1.165) is 32.1 Å². The molecule has 1 radical (unpaired) electrons. The van der Waals surface area contributed by atoms with E-state index >= 15 is 0 Å². The summed E-state index contributed by atoms with van der Waals surface area (Å²) in [6.07, 6.45) is 17.5. The maximum Gasteiger partial charge on any atom is 0.472 e. The maximum absolute atomic E-state index is 11.7. The summed E-state index contributed by atoms with van der Waals surface area (Å²) in [6, 6.07) is 0. The molecule has 0 heterocycles. The van der Waals surface area contributed by atoms with E-state index < -0.39 is 45.8 Å². The third-order valence-corrected chi connectivity index (χ3v) is 6.10. The van der Waals surface area contributed by atoms with Gasteiger partial charge in [0, 0.05) is 36.0 Å². The number of esters is 1. The molecule has 11 heteroatoms. The number of carbonyl (C=O) groups is 1. The number of aliphatic hydroxyl groups excluding tert-OH is 3. The second kappa shape index (κ2) is 25.8. The van der Waals surface area contributed by atoms with Crippen molar-refractivity contribution in [1.82, 2.24) is 0 Å². The second-order valence-corrected chi connectivity index (χ2v) is 10.0. The topological polar surface area (TPSA) is 143 Å². The van der Waals surface area contributed by atoms with Gasteiger partial charge in [-0.3, -0.25) is 13.8 Å². The van der Waals surface area contributed by atoms with Crippen LogP contribution in [0.4, 0.5) is 0 Å². The van der Waals surface area contributed by atoms with Gasteiger partial charge in [-0.05, 0) is 32.1 Å². The van der Waals surface area contributed by atoms with Gasteiger partial charge < -0.3 is 24.9 Å². The van der Waals surface area contributed by atoms with Crippen LogP contribution in [0.5, 0.6) is 0 Å². The molecule has 0 aromatic rings. The zero-order valence-corrected chi connectivity index (χ0v) is 24.7. The van der Waals surface area contributed by atoms with Gasteiger partial charge in [0.15, 0.2) is 0 Å². The van der Waals surface area contributed by atoms with Crippen molar-refractivity contribution in [3.05, 3.63) is 12.2 Å². The molecular formula is C24H47NaO9P. The fourth-order valence-electron chi connectivity index (χ4n) is 3.10. The molecular weight excluding hydrogens is 486 g/mol. The van der Waals surface area contributed by atoms with Gasteiger partial charge in [0.1, 0.15) is 18.8 Å². The predicted molar refractivity (Wildman–Crippen MR) is 137 cm³/mol. The third-order valence-electron chi connectivity index (χ3n) is 5.15. The zero-order valence-electron chi connectivity index (χ0n) is 21.8. The van der Waals surface area contributed by atoms with Crippen LogP contribution in [-0.2, 0) is 23.1 Å². The minimum atomic E-state index is -4.48. The molecule has 0 rings (SSSR count). The van der Waals surface area contributed by atoms with Crippen molar-refractivity contribution >= 4 is 43.3 Å². The molecule has 0 fully saturated rings. The van der Waals surface area contributed by atoms with Gasteiger partial charge in [-0.1, -0.05) is 70.4 Å². The molecule has 0 saturated heterocycles. The summed E-state index contributed by atoms with van der Waals surface area (Å²) in [4.78, 5) is 21.1. The van der Waals surface area contributed by atoms with Crippen LogP contribution in [0.25, 0.3) is 0 Å². The van der Waals surface area contributed by atoms with Gasteiger partial charge >= 0.3 is 13.8 Å². The van der Waals surface area contributed by atoms with Gasteiger partial charge in [0.05, 0.1) is 19.8 Å². The molecule has 0 saturated carbocycles. The molecule has 3 unspecified atom stereocenters. The average molecular weight is 534 g/mol. The summed E-state index contributed by atoms with van der Waals surface area (Å²) >= 11 is 0. The Kier molecular flexibility index (Phi) is 27.6. The van der Waals surface area contributed by atoms with Crippen molar-refractivity contribution in [3.63, 3.8) is 0 Å². The molecule has 0 spiro atoms. The summed E-state index contributed by atoms with van der Waals surface area (Å²) < 4.78 is 25.5. The van der Waals surface area contributed by atoms with E-state index in [9.17, 15) is 19.4 Å². The molecule has 203 valence electrons. The van der Waals surface area contributed by atoms with E-state index in [2.05, 4.69) is 28.1 Å². The SMILES string of the molecule is CCCCCCCCC=CCCCCCCCC(=O)OCC(O)COP(=O)(O)OCC(O)CO.[Na]. The molecule has 0 aromatic heterocycles. The Hall–Kier alpha value is 0.200. The number of rotatable bonds is 24. The molecule has 0 amide bonds. The number of hydrogen-bond acceptors (Lipinski definition) is 8. The number of ether oxygens (including phenoxy) is 1. The van der Waals surface area contributed by atoms with E-state index in [1.165, 1.54) is 44.9 Å². The predicted octanol–water partition coefficient (Wildman–Crippen LogP) is 4.03. The molecule has 35 heavy (non-hydrogen) atoms. The summed E-state index contributed by atoms with van der Waals surface area (Å²) in [7, 11) is -4.48. The van der Waals surface area contributed by atoms with Crippen LogP contribution in [0.2, 0.25) is 0 Å². The zero-order chi connectivity index (χ0) is 25.5. The van der Waals surface area contributed by atoms with Gasteiger partial charge in [-0.25, -0.2) is 4.57 Å². The number of carbonyl (C=O) groups excluding carboxylic acids is 1. The van der Waals surface area contributed by atoms with Crippen molar-refractivity contribution in [2.45, 2.75) is 109 Å². The molecule has 0 bridgehead atoms. The first-order valence-corrected chi connectivity index (χ1v) is 14.2. The van der Waals surface area contributed by atoms with Crippen molar-refractivity contribution in [2.24, 2.45) is 0 Å². The van der Waals surface area contributed by atoms with Crippen molar-refractivity contribution in [1.29, 1.82) is 0 Å². The van der Waals surface area contributed by atoms with Crippen LogP contribution in [0.15, 0.2) is 12.2 Å². The number of unbranched alkanes of at least 4 members (excludes halogenated alkanes) is 11. The smallest absolute Gasteiger partial charge is 0.463 e. The first-order valence-electron chi connectivity index (χ1n) is 12.7. The Bertz CT molecular complexity index is 563. The van der Waals surface area contributed by atoms with E-state index in [0.29, 0.717) is 6.42 Å². The summed E-state index contributed by atoms with van der Waals surface area (Å²) in [6.45, 7) is 0.0769. The quantitative estimate of drug-likeness (QED) is 0.0475. The van der Waals surface area contributed by atoms with E-state index in [1.807, 2.05) is 0 Å². The minimum Gasteiger partial charge on any atom is -0.463 e. The number of phosphoric ester groups is 1. The van der Waals surface area contributed by atoms with E-state index in [1.54, 1.807) is 0 Å². The number of hydrogen-bond donors (Lipinski definition) is 4. The van der Waals surface area contributed by atoms with Crippen LogP contribution < -0.4 is 0 Å². The van der Waals surface area contributed by atoms with Gasteiger partial charge in [0.2, 0.25) is 0 Å². The van der Waals surface area contributed by atoms with Crippen LogP contribution in [0.1, 0.15) is 96.8 Å². The maximum atomic E-state index is 11.7. The fraction of sp³-hybridized carbons (Fsp3) is 0.875. The van der Waals surface area contributed by atoms with Crippen molar-refractivity contribution < 1.29 is 43.4 Å². The van der Waals surface area contributed by atoms with Crippen LogP contribution in [0, 0.1) is 0 Å². The number of aliphatic hydroxyl groups is 3. The second-order valence-electron chi connectivity index (χ2n) is 8.57. The van der Waals surface area contributed by atoms with Crippen LogP contribution >= 0.6 is 7.82 Å². The Morgan fingerprint density at radius 2 is 1.29 bits per heavy atom. The molecule has 4 N–H and O–H groups in total. The number of allylic oxidation sites excluding steroid dienone is 2. The number of phosphoric acid groups is 1. The summed E-state index contributed by atoms with van der Waals surface area (Å²) in [5, 5.41) is 27.4. The van der Waals surface area contributed by atoms with E-state index in [4.69, 9.17) is 14.9 Å². The molecule has 9 nitrogen and oxygen atoms in total. The Morgan fingerprint density at radius 3 is 1.83 bits per heavy atom. The first kappa shape index (κ1) is 37.4. The largest absolute Gasteiger partial charge is 0.472 e. The molecule has 0 aliphatic carbocycles. The minimum absolute atomic E-state index is 0. The van der Waals surface area contributed by atoms with Crippen molar-refractivity contribution in [3.8, 4) is 0 Å². The average Bonchev–Trinajstić information content (AvgIpc) is 2.82. The molecule has 0 aliphatic heterocycles.